The second kappa shape index (κ2) is 5.55. The van der Waals surface area contributed by atoms with E-state index in [1.165, 1.54) is 6.42 Å². The molecule has 0 saturated heterocycles. The summed E-state index contributed by atoms with van der Waals surface area (Å²) in [6.45, 7) is 0. The molecule has 0 spiro atoms. The molecule has 0 aliphatic heterocycles. The highest BCUT2D eigenvalue weighted by molar-refractivity contribution is 7.97. The lowest BCUT2D eigenvalue weighted by Gasteiger charge is -2.20. The van der Waals surface area contributed by atoms with E-state index in [0.29, 0.717) is 0 Å². The highest BCUT2D eigenvalue weighted by Crippen LogP contribution is 2.27. The van der Waals surface area contributed by atoms with Crippen LogP contribution in [-0.2, 0) is 11.8 Å². The molecule has 5 nitrogen and oxygen atoms in total. The van der Waals surface area contributed by atoms with Crippen molar-refractivity contribution in [3.63, 3.8) is 0 Å². The fraction of sp³-hybridized carbons (Fsp3) is 0.636. The molecule has 0 aromatic carbocycles. The van der Waals surface area contributed by atoms with Crippen molar-refractivity contribution < 1.29 is 4.79 Å². The number of anilines is 1. The Bertz CT molecular complexity index is 398. The van der Waals surface area contributed by atoms with Crippen LogP contribution in [0.1, 0.15) is 32.1 Å². The zero-order chi connectivity index (χ0) is 12.3. The molecule has 1 amide bonds. The lowest BCUT2D eigenvalue weighted by molar-refractivity contribution is -0.120. The van der Waals surface area contributed by atoms with Crippen LogP contribution in [0, 0.1) is 5.92 Å². The summed E-state index contributed by atoms with van der Waals surface area (Å²) in [5, 5.41) is 13.4. The van der Waals surface area contributed by atoms with Crippen LogP contribution in [0.4, 0.5) is 5.69 Å². The molecule has 1 fully saturated rings. The van der Waals surface area contributed by atoms with Gasteiger partial charge in [0.1, 0.15) is 5.03 Å². The zero-order valence-electron chi connectivity index (χ0n) is 9.98. The minimum absolute atomic E-state index is 0.105. The van der Waals surface area contributed by atoms with Crippen molar-refractivity contribution in [3.05, 3.63) is 6.20 Å². The summed E-state index contributed by atoms with van der Waals surface area (Å²) >= 11 is 1.10. The van der Waals surface area contributed by atoms with E-state index in [4.69, 9.17) is 5.14 Å². The number of amides is 1. The Morgan fingerprint density at radius 1 is 1.53 bits per heavy atom. The number of rotatable bonds is 3. The van der Waals surface area contributed by atoms with E-state index in [-0.39, 0.29) is 11.8 Å². The molecule has 6 heteroatoms. The van der Waals surface area contributed by atoms with Crippen LogP contribution in [-0.4, -0.2) is 15.7 Å². The number of nitrogens with one attached hydrogen (secondary N) is 1. The molecule has 1 heterocycles. The van der Waals surface area contributed by atoms with Gasteiger partial charge in [-0.25, -0.2) is 0 Å². The molecule has 3 N–H and O–H groups in total. The highest BCUT2D eigenvalue weighted by Gasteiger charge is 2.22. The third kappa shape index (κ3) is 2.81. The number of nitrogens with two attached hydrogens (primary N) is 1. The summed E-state index contributed by atoms with van der Waals surface area (Å²) in [5.74, 6) is 0.257. The minimum atomic E-state index is 0.105. The standard InChI is InChI=1S/C11H18N4OS/c1-15-11(17-12)9(7-13-15)14-10(16)8-5-3-2-4-6-8/h7-8H,2-6,12H2,1H3,(H,14,16). The number of aryl methyl sites for hydroxylation is 1. The van der Waals surface area contributed by atoms with Crippen molar-refractivity contribution in [3.8, 4) is 0 Å². The van der Waals surface area contributed by atoms with Gasteiger partial charge in [0.05, 0.1) is 11.9 Å². The van der Waals surface area contributed by atoms with Crippen molar-refractivity contribution in [2.45, 2.75) is 37.1 Å². The first-order valence-electron chi connectivity index (χ1n) is 5.92. The van der Waals surface area contributed by atoms with Crippen LogP contribution >= 0.6 is 11.9 Å². The Balaban J connectivity index is 2.01. The fourth-order valence-corrected chi connectivity index (χ4v) is 2.68. The van der Waals surface area contributed by atoms with Gasteiger partial charge in [-0.1, -0.05) is 19.3 Å². The van der Waals surface area contributed by atoms with E-state index >= 15 is 0 Å². The lowest BCUT2D eigenvalue weighted by Crippen LogP contribution is -2.24. The number of hydrogen-bond donors (Lipinski definition) is 2. The molecular weight excluding hydrogens is 236 g/mol. The molecule has 0 bridgehead atoms. The average Bonchev–Trinajstić information content (AvgIpc) is 2.71. The fourth-order valence-electron chi connectivity index (χ4n) is 2.25. The Labute approximate surface area is 105 Å². The first-order valence-corrected chi connectivity index (χ1v) is 6.80. The normalized spacial score (nSPS) is 17.1. The van der Waals surface area contributed by atoms with Crippen LogP contribution in [0.5, 0.6) is 0 Å². The average molecular weight is 254 g/mol. The second-order valence-corrected chi connectivity index (χ2v) is 5.05. The van der Waals surface area contributed by atoms with Gasteiger partial charge in [-0.05, 0) is 24.8 Å². The molecule has 0 unspecified atom stereocenters. The Morgan fingerprint density at radius 3 is 2.88 bits per heavy atom. The summed E-state index contributed by atoms with van der Waals surface area (Å²) in [6.07, 6.45) is 7.21. The molecule has 0 radical (unpaired) electrons. The van der Waals surface area contributed by atoms with E-state index in [1.807, 2.05) is 7.05 Å². The minimum Gasteiger partial charge on any atom is -0.322 e. The largest absolute Gasteiger partial charge is 0.322 e. The molecule has 1 aliphatic carbocycles. The molecule has 1 aromatic heterocycles. The van der Waals surface area contributed by atoms with Gasteiger partial charge in [0.25, 0.3) is 0 Å². The Hall–Kier alpha value is -1.01. The quantitative estimate of drug-likeness (QED) is 0.808. The Morgan fingerprint density at radius 2 is 2.24 bits per heavy atom. The van der Waals surface area contributed by atoms with Gasteiger partial charge in [-0.2, -0.15) is 5.10 Å². The van der Waals surface area contributed by atoms with Gasteiger partial charge in [-0.15, -0.1) is 0 Å². The first-order chi connectivity index (χ1) is 8.22. The predicted molar refractivity (Wildman–Crippen MR) is 68.5 cm³/mol. The number of hydrogen-bond acceptors (Lipinski definition) is 4. The molecule has 0 atom stereocenters. The summed E-state index contributed by atoms with van der Waals surface area (Å²) in [7, 11) is 1.81. The van der Waals surface area contributed by atoms with E-state index in [0.717, 1.165) is 48.3 Å². The zero-order valence-corrected chi connectivity index (χ0v) is 10.8. The maximum atomic E-state index is 12.0. The molecule has 2 rings (SSSR count). The van der Waals surface area contributed by atoms with Gasteiger partial charge in [0, 0.05) is 13.0 Å². The van der Waals surface area contributed by atoms with E-state index in [9.17, 15) is 4.79 Å². The third-order valence-corrected chi connectivity index (χ3v) is 3.94. The van der Waals surface area contributed by atoms with Gasteiger partial charge in [0.15, 0.2) is 0 Å². The predicted octanol–water partition coefficient (Wildman–Crippen LogP) is 1.90. The number of nitrogens with zero attached hydrogens (tertiary/aromatic N) is 2. The third-order valence-electron chi connectivity index (χ3n) is 3.23. The first kappa shape index (κ1) is 12.4. The second-order valence-electron chi connectivity index (χ2n) is 4.43. The van der Waals surface area contributed by atoms with Crippen LogP contribution in [0.2, 0.25) is 0 Å². The van der Waals surface area contributed by atoms with Crippen LogP contribution < -0.4 is 10.5 Å². The van der Waals surface area contributed by atoms with Crippen molar-refractivity contribution in [1.29, 1.82) is 0 Å². The maximum absolute atomic E-state index is 12.0. The van der Waals surface area contributed by atoms with Crippen LogP contribution in [0.25, 0.3) is 0 Å². The van der Waals surface area contributed by atoms with Gasteiger partial charge in [-0.3, -0.25) is 14.6 Å². The van der Waals surface area contributed by atoms with Crippen LogP contribution in [0.3, 0.4) is 0 Å². The van der Waals surface area contributed by atoms with Gasteiger partial charge < -0.3 is 5.32 Å². The molecule has 1 saturated carbocycles. The molecular formula is C11H18N4OS. The topological polar surface area (TPSA) is 72.9 Å². The lowest BCUT2D eigenvalue weighted by atomic mass is 9.89. The summed E-state index contributed by atoms with van der Waals surface area (Å²) < 4.78 is 1.67. The van der Waals surface area contributed by atoms with E-state index in [1.54, 1.807) is 10.9 Å². The molecule has 94 valence electrons. The van der Waals surface area contributed by atoms with E-state index < -0.39 is 0 Å². The Kier molecular flexibility index (Phi) is 4.06. The monoisotopic (exact) mass is 254 g/mol. The smallest absolute Gasteiger partial charge is 0.227 e. The summed E-state index contributed by atoms with van der Waals surface area (Å²) in [4.78, 5) is 12.0. The van der Waals surface area contributed by atoms with Crippen LogP contribution in [0.15, 0.2) is 11.2 Å². The highest BCUT2D eigenvalue weighted by atomic mass is 32.2. The maximum Gasteiger partial charge on any atom is 0.227 e. The summed E-state index contributed by atoms with van der Waals surface area (Å²) in [5.41, 5.74) is 0.718. The molecule has 1 aromatic rings. The SMILES string of the molecule is Cn1ncc(NC(=O)C2CCCCC2)c1SN. The number of carbonyl (C=O) groups is 1. The van der Waals surface area contributed by atoms with Crippen molar-refractivity contribution in [2.75, 3.05) is 5.32 Å². The number of aromatic nitrogens is 2. The van der Waals surface area contributed by atoms with Crippen molar-refractivity contribution >= 4 is 23.5 Å². The van der Waals surface area contributed by atoms with Gasteiger partial charge >= 0.3 is 0 Å². The number of carbonyl (C=O) groups excluding carboxylic acids is 1. The molecule has 17 heavy (non-hydrogen) atoms. The van der Waals surface area contributed by atoms with Gasteiger partial charge in [0.2, 0.25) is 5.91 Å². The van der Waals surface area contributed by atoms with Crippen molar-refractivity contribution in [1.82, 2.24) is 9.78 Å². The molecule has 1 aliphatic rings. The van der Waals surface area contributed by atoms with E-state index in [2.05, 4.69) is 10.4 Å². The van der Waals surface area contributed by atoms with Crippen molar-refractivity contribution in [2.24, 2.45) is 18.1 Å². The summed E-state index contributed by atoms with van der Waals surface area (Å²) in [6, 6.07) is 0.